The average molecular weight is 484 g/mol. The lowest BCUT2D eigenvalue weighted by molar-refractivity contribution is -0.290. The molecule has 176 valence electrons. The zero-order valence-corrected chi connectivity index (χ0v) is 22.6. The fourth-order valence-electron chi connectivity index (χ4n) is 4.83. The van der Waals surface area contributed by atoms with Gasteiger partial charge in [0.15, 0.2) is 11.6 Å². The summed E-state index contributed by atoms with van der Waals surface area (Å²) in [5.74, 6) is -3.17. The van der Waals surface area contributed by atoms with E-state index in [1.54, 1.807) is 17.5 Å². The third-order valence-electron chi connectivity index (χ3n) is 5.13. The van der Waals surface area contributed by atoms with Gasteiger partial charge in [0, 0.05) is 0 Å². The molecule has 9 nitrogen and oxygen atoms in total. The lowest BCUT2D eigenvalue weighted by Gasteiger charge is -2.43. The Morgan fingerprint density at radius 2 is 1.50 bits per heavy atom. The molecule has 3 fully saturated rings. The molecule has 3 aliphatic heterocycles. The Bertz CT molecular complexity index is 762. The van der Waals surface area contributed by atoms with E-state index >= 15 is 0 Å². The summed E-state index contributed by atoms with van der Waals surface area (Å²) in [5, 5.41) is 0. The zero-order valence-electron chi connectivity index (χ0n) is 19.8. The van der Waals surface area contributed by atoms with Crippen molar-refractivity contribution in [3.05, 3.63) is 0 Å². The second-order valence-corrected chi connectivity index (χ2v) is 23.3. The Kier molecular flexibility index (Phi) is 6.02. The quantitative estimate of drug-likeness (QED) is 0.532. The van der Waals surface area contributed by atoms with E-state index in [9.17, 15) is 8.42 Å². The Morgan fingerprint density at radius 1 is 0.933 bits per heavy atom. The predicted octanol–water partition coefficient (Wildman–Crippen LogP) is 2.62. The van der Waals surface area contributed by atoms with Crippen LogP contribution in [0.4, 0.5) is 0 Å². The Labute approximate surface area is 182 Å². The van der Waals surface area contributed by atoms with Gasteiger partial charge in [-0.15, -0.1) is 0 Å². The van der Waals surface area contributed by atoms with Gasteiger partial charge >= 0.3 is 10.3 Å². The standard InChI is InChI=1S/C18H37NO8SSi2/c1-16(2)24-13-11-22-18(15(14(13)25-16)26-17(3,4)27-18)12-23-28(20,21)19(29(5,6)7)30(8,9)10/h13-15H,11-12H2,1-10H3/t13?,14?,15?,18-/m0/s1. The van der Waals surface area contributed by atoms with Crippen molar-refractivity contribution in [2.75, 3.05) is 13.2 Å². The molecule has 0 spiro atoms. The maximum Gasteiger partial charge on any atom is 0.326 e. The molecule has 0 aromatic rings. The van der Waals surface area contributed by atoms with Crippen molar-refractivity contribution in [2.45, 2.75) is 103 Å². The fraction of sp³-hybridized carbons (Fsp3) is 1.00. The van der Waals surface area contributed by atoms with E-state index in [2.05, 4.69) is 0 Å². The lowest BCUT2D eigenvalue weighted by atomic mass is 9.98. The van der Waals surface area contributed by atoms with Crippen LogP contribution in [0, 0.1) is 0 Å². The molecule has 0 N–H and O–H groups in total. The molecule has 3 aliphatic rings. The van der Waals surface area contributed by atoms with Gasteiger partial charge in [-0.1, -0.05) is 39.3 Å². The number of ether oxygens (including phenoxy) is 5. The number of hydrogen-bond donors (Lipinski definition) is 0. The molecule has 0 saturated carbocycles. The van der Waals surface area contributed by atoms with Crippen LogP contribution in [0.15, 0.2) is 0 Å². The van der Waals surface area contributed by atoms with E-state index < -0.39 is 56.3 Å². The highest BCUT2D eigenvalue weighted by molar-refractivity contribution is 7.87. The van der Waals surface area contributed by atoms with Gasteiger partial charge in [-0.05, 0) is 27.7 Å². The highest BCUT2D eigenvalue weighted by atomic mass is 32.2. The maximum atomic E-state index is 13.3. The summed E-state index contributed by atoms with van der Waals surface area (Å²) >= 11 is 0. The first-order valence-corrected chi connectivity index (χ1v) is 18.6. The second-order valence-electron chi connectivity index (χ2n) is 11.1. The molecule has 0 bridgehead atoms. The Morgan fingerprint density at radius 3 is 2.03 bits per heavy atom. The molecule has 3 saturated heterocycles. The van der Waals surface area contributed by atoms with Crippen LogP contribution >= 0.6 is 0 Å². The van der Waals surface area contributed by atoms with Crippen LogP contribution in [0.3, 0.4) is 0 Å². The fourth-order valence-corrected chi connectivity index (χ4v) is 19.0. The molecule has 0 amide bonds. The van der Waals surface area contributed by atoms with Crippen LogP contribution in [0.1, 0.15) is 27.7 Å². The molecule has 12 heteroatoms. The third-order valence-corrected chi connectivity index (χ3v) is 17.1. The first kappa shape index (κ1) is 24.7. The number of rotatable bonds is 6. The van der Waals surface area contributed by atoms with Crippen molar-refractivity contribution in [1.29, 1.82) is 0 Å². The number of hydrogen-bond acceptors (Lipinski definition) is 8. The monoisotopic (exact) mass is 483 g/mol. The van der Waals surface area contributed by atoms with Crippen molar-refractivity contribution in [3.8, 4) is 0 Å². The normalized spacial score (nSPS) is 36.0. The summed E-state index contributed by atoms with van der Waals surface area (Å²) in [6.07, 6.45) is -1.46. The van der Waals surface area contributed by atoms with E-state index in [-0.39, 0.29) is 19.3 Å². The second kappa shape index (κ2) is 7.30. The molecule has 30 heavy (non-hydrogen) atoms. The van der Waals surface area contributed by atoms with Crippen molar-refractivity contribution < 1.29 is 36.3 Å². The minimum absolute atomic E-state index is 0.194. The van der Waals surface area contributed by atoms with Crippen molar-refractivity contribution in [3.63, 3.8) is 0 Å². The van der Waals surface area contributed by atoms with E-state index in [0.29, 0.717) is 0 Å². The predicted molar refractivity (Wildman–Crippen MR) is 116 cm³/mol. The first-order valence-electron chi connectivity index (χ1n) is 10.4. The van der Waals surface area contributed by atoms with Gasteiger partial charge in [-0.3, -0.25) is 4.18 Å². The number of nitrogens with zero attached hydrogens (tertiary/aromatic N) is 1. The minimum atomic E-state index is -3.99. The van der Waals surface area contributed by atoms with Gasteiger partial charge in [0.05, 0.1) is 6.61 Å². The van der Waals surface area contributed by atoms with Gasteiger partial charge in [0.25, 0.3) is 0 Å². The summed E-state index contributed by atoms with van der Waals surface area (Å²) in [6.45, 7) is 19.0. The van der Waals surface area contributed by atoms with E-state index in [4.69, 9.17) is 27.9 Å². The smallest absolute Gasteiger partial charge is 0.326 e. The van der Waals surface area contributed by atoms with E-state index in [1.807, 2.05) is 53.1 Å². The molecule has 4 atom stereocenters. The van der Waals surface area contributed by atoms with Crippen LogP contribution in [-0.2, 0) is 38.2 Å². The van der Waals surface area contributed by atoms with Gasteiger partial charge < -0.3 is 23.7 Å². The van der Waals surface area contributed by atoms with Gasteiger partial charge in [-0.2, -0.15) is 8.42 Å². The summed E-state index contributed by atoms with van der Waals surface area (Å²) in [6, 6.07) is 0. The van der Waals surface area contributed by atoms with E-state index in [1.165, 1.54) is 0 Å². The number of fused-ring (bicyclic) bond motifs is 3. The topological polar surface area (TPSA) is 92.8 Å². The highest BCUT2D eigenvalue weighted by Crippen LogP contribution is 2.47. The largest absolute Gasteiger partial charge is 0.343 e. The Balaban J connectivity index is 1.87. The minimum Gasteiger partial charge on any atom is -0.343 e. The zero-order chi connectivity index (χ0) is 23.0. The highest BCUT2D eigenvalue weighted by Gasteiger charge is 2.66. The van der Waals surface area contributed by atoms with Crippen molar-refractivity contribution >= 4 is 26.8 Å². The molecular formula is C18H37NO8SSi2. The SMILES string of the molecule is CC1(C)OC2CO[C@@]3(COS(=O)(=O)N([Si](C)(C)C)[Si](C)(C)C)OC(C)(C)OC3C2O1. The maximum absolute atomic E-state index is 13.3. The molecule has 0 aliphatic carbocycles. The summed E-state index contributed by atoms with van der Waals surface area (Å²) in [5.41, 5.74) is 0. The van der Waals surface area contributed by atoms with Crippen molar-refractivity contribution in [2.24, 2.45) is 0 Å². The van der Waals surface area contributed by atoms with Crippen LogP contribution < -0.4 is 0 Å². The third kappa shape index (κ3) is 4.72. The van der Waals surface area contributed by atoms with Crippen LogP contribution in [-0.4, -0.2) is 77.4 Å². The summed E-state index contributed by atoms with van der Waals surface area (Å²) < 4.78 is 64.1. The van der Waals surface area contributed by atoms with Crippen molar-refractivity contribution in [1.82, 2.24) is 3.64 Å². The van der Waals surface area contributed by atoms with Gasteiger partial charge in [-0.25, -0.2) is 3.64 Å². The summed E-state index contributed by atoms with van der Waals surface area (Å²) in [4.78, 5) is 0. The molecule has 0 radical (unpaired) electrons. The van der Waals surface area contributed by atoms with Crippen LogP contribution in [0.2, 0.25) is 39.3 Å². The summed E-state index contributed by atoms with van der Waals surface area (Å²) in [7, 11) is -8.44. The molecule has 3 rings (SSSR count). The lowest BCUT2D eigenvalue weighted by Crippen LogP contribution is -2.64. The molecule has 3 unspecified atom stereocenters. The molecular weight excluding hydrogens is 446 g/mol. The van der Waals surface area contributed by atoms with Gasteiger partial charge in [0.2, 0.25) is 5.79 Å². The Hall–Kier alpha value is 0.104. The van der Waals surface area contributed by atoms with E-state index in [0.717, 1.165) is 0 Å². The van der Waals surface area contributed by atoms with Crippen LogP contribution in [0.25, 0.3) is 0 Å². The molecule has 0 aromatic heterocycles. The first-order chi connectivity index (χ1) is 13.3. The average Bonchev–Trinajstić information content (AvgIpc) is 2.93. The molecule has 3 heterocycles. The van der Waals surface area contributed by atoms with Crippen LogP contribution in [0.5, 0.6) is 0 Å². The van der Waals surface area contributed by atoms with Gasteiger partial charge in [0.1, 0.15) is 41.4 Å². The molecule has 0 aromatic carbocycles.